The topological polar surface area (TPSA) is 76.9 Å². The minimum absolute atomic E-state index is 0.129. The lowest BCUT2D eigenvalue weighted by Gasteiger charge is -2.37. The molecule has 0 fully saturated rings. The maximum absolute atomic E-state index is 15.1. The van der Waals surface area contributed by atoms with Crippen molar-refractivity contribution in [2.75, 3.05) is 30.6 Å². The van der Waals surface area contributed by atoms with Crippen LogP contribution in [0.3, 0.4) is 0 Å². The fraction of sp³-hybridized carbons (Fsp3) is 0.250. The van der Waals surface area contributed by atoms with E-state index in [0.29, 0.717) is 34.3 Å². The summed E-state index contributed by atoms with van der Waals surface area (Å²) in [6.07, 6.45) is 2.21. The van der Waals surface area contributed by atoms with Crippen LogP contribution < -0.4 is 19.3 Å². The van der Waals surface area contributed by atoms with E-state index in [0.717, 1.165) is 11.0 Å². The first-order valence-corrected chi connectivity index (χ1v) is 9.82. The molecule has 0 saturated heterocycles. The zero-order valence-electron chi connectivity index (χ0n) is 17.0. The molecule has 31 heavy (non-hydrogen) atoms. The Morgan fingerprint density at radius 1 is 1.16 bits per heavy atom. The van der Waals surface area contributed by atoms with Crippen molar-refractivity contribution in [3.8, 4) is 11.5 Å². The highest BCUT2D eigenvalue weighted by atomic mass is 31.0. The molecule has 8 nitrogen and oxygen atoms in total. The quantitative estimate of drug-likeness (QED) is 0.439. The molecule has 3 heterocycles. The SMILES string of the molecule is CCN1C(=O)N(c2c(F)c(OC)cc(OC)c2F)Cc2cnc3c(cc(C=O)n3P)c21. The van der Waals surface area contributed by atoms with Crippen LogP contribution >= 0.6 is 9.39 Å². The van der Waals surface area contributed by atoms with Gasteiger partial charge in [0.1, 0.15) is 11.3 Å². The lowest BCUT2D eigenvalue weighted by molar-refractivity contribution is 0.111. The molecule has 0 bridgehead atoms. The Morgan fingerprint density at radius 3 is 2.35 bits per heavy atom. The standard InChI is InChI=1S/C20H19F2N4O4P/c1-4-24-17-10(7-23-19-12(17)5-11(9-27)26(19)31)8-25(20(24)28)18-15(21)13(29-2)6-14(30-3)16(18)22/h5-7,9H,4,8,31H2,1-3H3. The number of aldehydes is 1. The second kappa shape index (κ2) is 7.77. The van der Waals surface area contributed by atoms with Gasteiger partial charge in [-0.25, -0.2) is 18.6 Å². The minimum Gasteiger partial charge on any atom is -0.493 e. The van der Waals surface area contributed by atoms with Gasteiger partial charge in [0.05, 0.1) is 32.1 Å². The predicted octanol–water partition coefficient (Wildman–Crippen LogP) is 3.75. The van der Waals surface area contributed by atoms with Crippen LogP contribution in [0.4, 0.5) is 25.0 Å². The number of rotatable bonds is 5. The summed E-state index contributed by atoms with van der Waals surface area (Å²) in [7, 11) is 4.88. The van der Waals surface area contributed by atoms with Crippen molar-refractivity contribution in [3.63, 3.8) is 0 Å². The molecular weight excluding hydrogens is 429 g/mol. The highest BCUT2D eigenvalue weighted by molar-refractivity contribution is 7.15. The number of benzene rings is 1. The first-order valence-electron chi connectivity index (χ1n) is 9.30. The van der Waals surface area contributed by atoms with Crippen LogP contribution in [0, 0.1) is 11.6 Å². The Bertz CT molecular complexity index is 1200. The number of pyridine rings is 1. The summed E-state index contributed by atoms with van der Waals surface area (Å²) >= 11 is 0. The molecule has 11 heteroatoms. The molecule has 0 aliphatic carbocycles. The number of hydrogen-bond donors (Lipinski definition) is 0. The van der Waals surface area contributed by atoms with E-state index in [1.807, 2.05) is 0 Å². The summed E-state index contributed by atoms with van der Waals surface area (Å²) in [4.78, 5) is 31.5. The summed E-state index contributed by atoms with van der Waals surface area (Å²) < 4.78 is 41.7. The van der Waals surface area contributed by atoms with Gasteiger partial charge in [0.15, 0.2) is 29.4 Å². The zero-order valence-corrected chi connectivity index (χ0v) is 18.1. The molecule has 2 aromatic heterocycles. The molecule has 3 aromatic rings. The van der Waals surface area contributed by atoms with E-state index in [2.05, 4.69) is 14.4 Å². The van der Waals surface area contributed by atoms with E-state index in [1.165, 1.54) is 25.3 Å². The maximum atomic E-state index is 15.1. The fourth-order valence-corrected chi connectivity index (χ4v) is 4.14. The Hall–Kier alpha value is -3.26. The lowest BCUT2D eigenvalue weighted by Crippen LogP contribution is -2.48. The van der Waals surface area contributed by atoms with Crippen LogP contribution in [-0.2, 0) is 6.54 Å². The second-order valence-electron chi connectivity index (χ2n) is 6.80. The average Bonchev–Trinajstić information content (AvgIpc) is 3.10. The molecule has 1 aliphatic rings. The van der Waals surface area contributed by atoms with E-state index in [-0.39, 0.29) is 24.6 Å². The number of halogens is 2. The molecule has 1 atom stereocenters. The third-order valence-electron chi connectivity index (χ3n) is 5.26. The second-order valence-corrected chi connectivity index (χ2v) is 7.31. The van der Waals surface area contributed by atoms with Gasteiger partial charge in [0, 0.05) is 29.8 Å². The molecule has 1 unspecified atom stereocenters. The number of hydrogen-bond acceptors (Lipinski definition) is 5. The van der Waals surface area contributed by atoms with Gasteiger partial charge in [-0.05, 0) is 22.4 Å². The molecule has 2 amide bonds. The van der Waals surface area contributed by atoms with Gasteiger partial charge in [0.25, 0.3) is 0 Å². The fourth-order valence-electron chi connectivity index (χ4n) is 3.80. The number of anilines is 2. The monoisotopic (exact) mass is 448 g/mol. The molecule has 1 aromatic carbocycles. The van der Waals surface area contributed by atoms with Crippen molar-refractivity contribution in [1.29, 1.82) is 0 Å². The number of methoxy groups -OCH3 is 2. The first kappa shape index (κ1) is 21.0. The Balaban J connectivity index is 1.94. The molecule has 162 valence electrons. The number of urea groups is 1. The van der Waals surface area contributed by atoms with Crippen LogP contribution in [0.1, 0.15) is 23.0 Å². The molecule has 4 rings (SSSR count). The molecular formula is C20H19F2N4O4P. The van der Waals surface area contributed by atoms with Crippen LogP contribution in [-0.4, -0.2) is 42.4 Å². The Morgan fingerprint density at radius 2 is 1.81 bits per heavy atom. The number of carbonyl (C=O) groups excluding carboxylic acids is 2. The highest BCUT2D eigenvalue weighted by Gasteiger charge is 2.37. The van der Waals surface area contributed by atoms with Gasteiger partial charge >= 0.3 is 6.03 Å². The van der Waals surface area contributed by atoms with Gasteiger partial charge in [-0.15, -0.1) is 0 Å². The van der Waals surface area contributed by atoms with Crippen molar-refractivity contribution in [2.24, 2.45) is 0 Å². The number of carbonyl (C=O) groups is 2. The van der Waals surface area contributed by atoms with Crippen LogP contribution in [0.2, 0.25) is 0 Å². The van der Waals surface area contributed by atoms with Crippen LogP contribution in [0.25, 0.3) is 11.0 Å². The van der Waals surface area contributed by atoms with E-state index in [1.54, 1.807) is 17.3 Å². The van der Waals surface area contributed by atoms with Crippen molar-refractivity contribution in [3.05, 3.63) is 41.2 Å². The Kier molecular flexibility index (Phi) is 5.26. The smallest absolute Gasteiger partial charge is 0.329 e. The van der Waals surface area contributed by atoms with Gasteiger partial charge in [-0.1, -0.05) is 0 Å². The summed E-state index contributed by atoms with van der Waals surface area (Å²) in [5.74, 6) is -2.53. The van der Waals surface area contributed by atoms with Crippen molar-refractivity contribution >= 4 is 44.1 Å². The van der Waals surface area contributed by atoms with E-state index >= 15 is 8.78 Å². The number of nitrogens with zero attached hydrogens (tertiary/aromatic N) is 4. The molecule has 0 saturated carbocycles. The Labute approximate surface area is 178 Å². The third-order valence-corrected chi connectivity index (χ3v) is 5.80. The highest BCUT2D eigenvalue weighted by Crippen LogP contribution is 2.42. The largest absolute Gasteiger partial charge is 0.493 e. The summed E-state index contributed by atoms with van der Waals surface area (Å²) in [5, 5.41) is 0.591. The van der Waals surface area contributed by atoms with Gasteiger partial charge in [-0.3, -0.25) is 14.6 Å². The van der Waals surface area contributed by atoms with Gasteiger partial charge in [-0.2, -0.15) is 0 Å². The van der Waals surface area contributed by atoms with E-state index < -0.39 is 23.4 Å². The maximum Gasteiger partial charge on any atom is 0.329 e. The first-order chi connectivity index (χ1) is 14.9. The third kappa shape index (κ3) is 3.01. The van der Waals surface area contributed by atoms with Gasteiger partial charge in [0.2, 0.25) is 0 Å². The number of ether oxygens (including phenoxy) is 2. The molecule has 0 spiro atoms. The average molecular weight is 448 g/mol. The van der Waals surface area contributed by atoms with E-state index in [9.17, 15) is 9.59 Å². The molecule has 1 aliphatic heterocycles. The normalized spacial score (nSPS) is 13.5. The number of fused-ring (bicyclic) bond motifs is 3. The number of aromatic nitrogens is 2. The summed E-state index contributed by atoms with van der Waals surface area (Å²) in [6.45, 7) is 1.84. The zero-order chi connectivity index (χ0) is 22.4. The predicted molar refractivity (Wildman–Crippen MR) is 114 cm³/mol. The minimum atomic E-state index is -1.01. The summed E-state index contributed by atoms with van der Waals surface area (Å²) in [5.41, 5.74) is 1.41. The molecule has 0 N–H and O–H groups in total. The van der Waals surface area contributed by atoms with Crippen molar-refractivity contribution in [2.45, 2.75) is 13.5 Å². The summed E-state index contributed by atoms with van der Waals surface area (Å²) in [6, 6.07) is 2.09. The van der Waals surface area contributed by atoms with Gasteiger partial charge < -0.3 is 13.8 Å². The van der Waals surface area contributed by atoms with Crippen molar-refractivity contribution in [1.82, 2.24) is 9.32 Å². The van der Waals surface area contributed by atoms with Crippen molar-refractivity contribution < 1.29 is 27.8 Å². The van der Waals surface area contributed by atoms with E-state index in [4.69, 9.17) is 9.47 Å². The van der Waals surface area contributed by atoms with Crippen LogP contribution in [0.15, 0.2) is 18.3 Å². The lowest BCUT2D eigenvalue weighted by atomic mass is 10.1. The number of amides is 2. The molecule has 0 radical (unpaired) electrons. The van der Waals surface area contributed by atoms with Crippen LogP contribution in [0.5, 0.6) is 11.5 Å².